The highest BCUT2D eigenvalue weighted by Gasteiger charge is 2.43. The van der Waals surface area contributed by atoms with Gasteiger partial charge < -0.3 is 14.6 Å². The molecule has 0 aliphatic heterocycles. The molecule has 0 heterocycles. The van der Waals surface area contributed by atoms with E-state index in [1.807, 2.05) is 19.9 Å². The lowest BCUT2D eigenvalue weighted by Crippen LogP contribution is -2.38. The molecule has 1 saturated carbocycles. The van der Waals surface area contributed by atoms with Crippen LogP contribution in [0.15, 0.2) is 6.07 Å². The van der Waals surface area contributed by atoms with Crippen molar-refractivity contribution in [2.45, 2.75) is 51.4 Å². The van der Waals surface area contributed by atoms with E-state index in [4.69, 9.17) is 9.47 Å². The first-order valence-electron chi connectivity index (χ1n) is 7.44. The fraction of sp³-hybridized carbons (Fsp3) is 0.588. The Morgan fingerprint density at radius 3 is 2.19 bits per heavy atom. The molecule has 1 aromatic rings. The number of methoxy groups -OCH3 is 2. The molecule has 21 heavy (non-hydrogen) atoms. The normalized spacial score (nSPS) is 17.3. The Labute approximate surface area is 126 Å². The maximum absolute atomic E-state index is 12.0. The van der Waals surface area contributed by atoms with Crippen LogP contribution in [-0.2, 0) is 10.2 Å². The zero-order valence-corrected chi connectivity index (χ0v) is 13.3. The van der Waals surface area contributed by atoms with E-state index in [9.17, 15) is 9.90 Å². The maximum Gasteiger partial charge on any atom is 0.314 e. The second kappa shape index (κ2) is 5.96. The first kappa shape index (κ1) is 15.7. The van der Waals surface area contributed by atoms with Crippen molar-refractivity contribution in [2.24, 2.45) is 0 Å². The third kappa shape index (κ3) is 2.47. The second-order valence-corrected chi connectivity index (χ2v) is 5.86. The Morgan fingerprint density at radius 1 is 1.10 bits per heavy atom. The van der Waals surface area contributed by atoms with Gasteiger partial charge in [-0.1, -0.05) is 19.3 Å². The van der Waals surface area contributed by atoms with E-state index < -0.39 is 11.4 Å². The zero-order valence-electron chi connectivity index (χ0n) is 13.3. The highest BCUT2D eigenvalue weighted by Crippen LogP contribution is 2.46. The van der Waals surface area contributed by atoms with Gasteiger partial charge in [0.1, 0.15) is 0 Å². The van der Waals surface area contributed by atoms with Crippen LogP contribution in [0.4, 0.5) is 0 Å². The van der Waals surface area contributed by atoms with Gasteiger partial charge in [0.05, 0.1) is 19.6 Å². The minimum Gasteiger partial charge on any atom is -0.493 e. The fourth-order valence-corrected chi connectivity index (χ4v) is 3.52. The van der Waals surface area contributed by atoms with Crippen molar-refractivity contribution in [1.82, 2.24) is 0 Å². The van der Waals surface area contributed by atoms with Gasteiger partial charge >= 0.3 is 5.97 Å². The standard InChI is InChI=1S/C17H24O4/c1-11-12(2)15(21-4)14(20-3)10-13(11)17(16(18)19)8-6-5-7-9-17/h10H,5-9H2,1-4H3,(H,18,19). The van der Waals surface area contributed by atoms with E-state index in [-0.39, 0.29) is 0 Å². The molecular weight excluding hydrogens is 268 g/mol. The summed E-state index contributed by atoms with van der Waals surface area (Å²) in [5.41, 5.74) is 2.05. The Morgan fingerprint density at radius 2 is 1.71 bits per heavy atom. The Hall–Kier alpha value is -1.71. The number of rotatable bonds is 4. The van der Waals surface area contributed by atoms with Crippen LogP contribution < -0.4 is 9.47 Å². The van der Waals surface area contributed by atoms with Crippen molar-refractivity contribution in [3.05, 3.63) is 22.8 Å². The summed E-state index contributed by atoms with van der Waals surface area (Å²) in [6, 6.07) is 1.86. The summed E-state index contributed by atoms with van der Waals surface area (Å²) in [5, 5.41) is 9.88. The SMILES string of the molecule is COc1cc(C2(C(=O)O)CCCCC2)c(C)c(C)c1OC. The molecule has 4 nitrogen and oxygen atoms in total. The lowest BCUT2D eigenvalue weighted by Gasteiger charge is -2.35. The van der Waals surface area contributed by atoms with E-state index in [0.717, 1.165) is 36.0 Å². The molecule has 116 valence electrons. The van der Waals surface area contributed by atoms with Crippen LogP contribution in [0.2, 0.25) is 0 Å². The predicted octanol–water partition coefficient (Wildman–Crippen LogP) is 3.61. The molecule has 0 saturated heterocycles. The number of hydrogen-bond acceptors (Lipinski definition) is 3. The molecule has 0 spiro atoms. The van der Waals surface area contributed by atoms with Crippen LogP contribution in [0.1, 0.15) is 48.8 Å². The summed E-state index contributed by atoms with van der Waals surface area (Å²) >= 11 is 0. The van der Waals surface area contributed by atoms with Gasteiger partial charge in [-0.3, -0.25) is 4.79 Å². The number of hydrogen-bond donors (Lipinski definition) is 1. The summed E-state index contributed by atoms with van der Waals surface area (Å²) in [4.78, 5) is 12.0. The monoisotopic (exact) mass is 292 g/mol. The quantitative estimate of drug-likeness (QED) is 0.921. The van der Waals surface area contributed by atoms with E-state index in [2.05, 4.69) is 0 Å². The van der Waals surface area contributed by atoms with Crippen molar-refractivity contribution >= 4 is 5.97 Å². The molecule has 0 bridgehead atoms. The van der Waals surface area contributed by atoms with Crippen molar-refractivity contribution in [3.63, 3.8) is 0 Å². The zero-order chi connectivity index (χ0) is 15.6. The van der Waals surface area contributed by atoms with Crippen LogP contribution >= 0.6 is 0 Å². The van der Waals surface area contributed by atoms with Gasteiger partial charge in [0.15, 0.2) is 11.5 Å². The van der Waals surface area contributed by atoms with E-state index in [1.165, 1.54) is 0 Å². The Balaban J connectivity index is 2.66. The lowest BCUT2D eigenvalue weighted by atomic mass is 9.67. The predicted molar refractivity (Wildman–Crippen MR) is 81.4 cm³/mol. The third-order valence-corrected chi connectivity index (χ3v) is 4.86. The maximum atomic E-state index is 12.0. The molecule has 1 aromatic carbocycles. The number of carbonyl (C=O) groups is 1. The van der Waals surface area contributed by atoms with Crippen LogP contribution in [0, 0.1) is 13.8 Å². The summed E-state index contributed by atoms with van der Waals surface area (Å²) in [6.07, 6.45) is 4.41. The second-order valence-electron chi connectivity index (χ2n) is 5.86. The smallest absolute Gasteiger partial charge is 0.314 e. The number of carboxylic acid groups (broad SMARTS) is 1. The molecule has 1 fully saturated rings. The fourth-order valence-electron chi connectivity index (χ4n) is 3.52. The molecular formula is C17H24O4. The average molecular weight is 292 g/mol. The number of ether oxygens (including phenoxy) is 2. The van der Waals surface area contributed by atoms with E-state index in [1.54, 1.807) is 14.2 Å². The molecule has 2 rings (SSSR count). The average Bonchev–Trinajstić information content (AvgIpc) is 2.50. The molecule has 1 aliphatic carbocycles. The Bertz CT molecular complexity index is 542. The lowest BCUT2D eigenvalue weighted by molar-refractivity contribution is -0.145. The molecule has 0 aromatic heterocycles. The summed E-state index contributed by atoms with van der Waals surface area (Å²) < 4.78 is 10.8. The van der Waals surface area contributed by atoms with Crippen molar-refractivity contribution < 1.29 is 19.4 Å². The largest absolute Gasteiger partial charge is 0.493 e. The molecule has 1 N–H and O–H groups in total. The highest BCUT2D eigenvalue weighted by molar-refractivity contribution is 5.83. The summed E-state index contributed by atoms with van der Waals surface area (Å²) in [6.45, 7) is 3.94. The van der Waals surface area contributed by atoms with Crippen LogP contribution in [0.25, 0.3) is 0 Å². The highest BCUT2D eigenvalue weighted by atomic mass is 16.5. The van der Waals surface area contributed by atoms with Crippen molar-refractivity contribution in [3.8, 4) is 11.5 Å². The topological polar surface area (TPSA) is 55.8 Å². The number of aliphatic carboxylic acids is 1. The van der Waals surface area contributed by atoms with Gasteiger partial charge in [0.25, 0.3) is 0 Å². The van der Waals surface area contributed by atoms with E-state index >= 15 is 0 Å². The van der Waals surface area contributed by atoms with Gasteiger partial charge in [-0.15, -0.1) is 0 Å². The molecule has 0 radical (unpaired) electrons. The van der Waals surface area contributed by atoms with Gasteiger partial charge in [0.2, 0.25) is 0 Å². The number of carboxylic acids is 1. The van der Waals surface area contributed by atoms with Crippen molar-refractivity contribution in [2.75, 3.05) is 14.2 Å². The molecule has 0 amide bonds. The molecule has 0 unspecified atom stereocenters. The van der Waals surface area contributed by atoms with Crippen molar-refractivity contribution in [1.29, 1.82) is 0 Å². The summed E-state index contributed by atoms with van der Waals surface area (Å²) in [7, 11) is 3.20. The molecule has 0 atom stereocenters. The molecule has 1 aliphatic rings. The van der Waals surface area contributed by atoms with E-state index in [0.29, 0.717) is 24.3 Å². The van der Waals surface area contributed by atoms with Crippen LogP contribution in [0.5, 0.6) is 11.5 Å². The minimum absolute atomic E-state index is 0.613. The van der Waals surface area contributed by atoms with Gasteiger partial charge in [0, 0.05) is 0 Å². The van der Waals surface area contributed by atoms with Gasteiger partial charge in [-0.05, 0) is 49.4 Å². The molecule has 4 heteroatoms. The van der Waals surface area contributed by atoms with Crippen LogP contribution in [0.3, 0.4) is 0 Å². The first-order valence-corrected chi connectivity index (χ1v) is 7.44. The Kier molecular flexibility index (Phi) is 4.45. The third-order valence-electron chi connectivity index (χ3n) is 4.86. The minimum atomic E-state index is -0.785. The first-order chi connectivity index (χ1) is 9.97. The summed E-state index contributed by atoms with van der Waals surface area (Å²) in [5.74, 6) is 0.578. The van der Waals surface area contributed by atoms with Crippen LogP contribution in [-0.4, -0.2) is 25.3 Å². The number of benzene rings is 1. The van der Waals surface area contributed by atoms with Gasteiger partial charge in [-0.2, -0.15) is 0 Å². The van der Waals surface area contributed by atoms with Gasteiger partial charge in [-0.25, -0.2) is 0 Å².